The lowest BCUT2D eigenvalue weighted by Gasteiger charge is -2.14. The van der Waals surface area contributed by atoms with Crippen LogP contribution in [0.1, 0.15) is 17.2 Å². The molecule has 1 atom stereocenters. The molecule has 0 aromatic heterocycles. The van der Waals surface area contributed by atoms with E-state index in [1.165, 1.54) is 23.5 Å². The van der Waals surface area contributed by atoms with Crippen LogP contribution in [0.4, 0.5) is 10.1 Å². The van der Waals surface area contributed by atoms with Crippen LogP contribution in [0, 0.1) is 5.82 Å². The van der Waals surface area contributed by atoms with E-state index in [9.17, 15) is 9.18 Å². The van der Waals surface area contributed by atoms with Gasteiger partial charge in [0.2, 0.25) is 5.91 Å². The number of hydrogen-bond donors (Lipinski definition) is 2. The molecular formula is C15H17FN2O2S2. The second-order valence-electron chi connectivity index (χ2n) is 4.98. The molecule has 7 heteroatoms. The standard InChI is InChI=1S/C15H17FN2O2S2/c1-21-14-12-11(3-2-10(16)13(12)18-15(14)19)20-6-5-17-9-4-7-22-8-9/h2-3,8,14,17H,4-7H2,1H3,(H,18,19). The average molecular weight is 340 g/mol. The van der Waals surface area contributed by atoms with E-state index in [1.54, 1.807) is 17.8 Å². The van der Waals surface area contributed by atoms with Gasteiger partial charge in [0, 0.05) is 23.6 Å². The molecule has 1 unspecified atom stereocenters. The summed E-state index contributed by atoms with van der Waals surface area (Å²) in [6, 6.07) is 2.93. The molecule has 2 aliphatic heterocycles. The number of anilines is 1. The molecule has 0 fully saturated rings. The molecule has 4 nitrogen and oxygen atoms in total. The molecule has 1 aromatic rings. The third-order valence-electron chi connectivity index (χ3n) is 3.57. The minimum absolute atomic E-state index is 0.191. The van der Waals surface area contributed by atoms with E-state index in [0.717, 1.165) is 12.2 Å². The van der Waals surface area contributed by atoms with Crippen molar-refractivity contribution in [2.45, 2.75) is 11.7 Å². The van der Waals surface area contributed by atoms with Crippen LogP contribution in [0.3, 0.4) is 0 Å². The Bertz CT molecular complexity index is 622. The third kappa shape index (κ3) is 3.05. The minimum Gasteiger partial charge on any atom is -0.491 e. The zero-order chi connectivity index (χ0) is 15.5. The molecule has 0 bridgehead atoms. The van der Waals surface area contributed by atoms with E-state index in [4.69, 9.17) is 4.74 Å². The van der Waals surface area contributed by atoms with Gasteiger partial charge in [-0.1, -0.05) is 0 Å². The highest BCUT2D eigenvalue weighted by atomic mass is 32.2. The Hall–Kier alpha value is -1.34. The number of amides is 1. The van der Waals surface area contributed by atoms with Crippen molar-refractivity contribution >= 4 is 35.1 Å². The zero-order valence-corrected chi connectivity index (χ0v) is 13.8. The fourth-order valence-electron chi connectivity index (χ4n) is 2.52. The monoisotopic (exact) mass is 340 g/mol. The quantitative estimate of drug-likeness (QED) is 0.779. The fraction of sp³-hybridized carbons (Fsp3) is 0.400. The average Bonchev–Trinajstić information content (AvgIpc) is 3.13. The smallest absolute Gasteiger partial charge is 0.242 e. The molecule has 0 saturated heterocycles. The Morgan fingerprint density at radius 1 is 1.55 bits per heavy atom. The van der Waals surface area contributed by atoms with E-state index in [0.29, 0.717) is 24.5 Å². The van der Waals surface area contributed by atoms with Gasteiger partial charge < -0.3 is 15.4 Å². The first-order valence-electron chi connectivity index (χ1n) is 7.04. The Labute approximate surface area is 137 Å². The Morgan fingerprint density at radius 2 is 2.41 bits per heavy atom. The summed E-state index contributed by atoms with van der Waals surface area (Å²) in [6.07, 6.45) is 2.89. The Balaban J connectivity index is 1.67. The number of rotatable bonds is 6. The van der Waals surface area contributed by atoms with Gasteiger partial charge in [0.15, 0.2) is 0 Å². The van der Waals surface area contributed by atoms with Crippen LogP contribution in [0.5, 0.6) is 5.75 Å². The summed E-state index contributed by atoms with van der Waals surface area (Å²) in [7, 11) is 0. The highest BCUT2D eigenvalue weighted by molar-refractivity contribution is 8.02. The first-order chi connectivity index (χ1) is 10.7. The lowest BCUT2D eigenvalue weighted by molar-refractivity contribution is -0.115. The normalized spacial score (nSPS) is 19.6. The van der Waals surface area contributed by atoms with Gasteiger partial charge in [-0.2, -0.15) is 0 Å². The molecule has 0 spiro atoms. The zero-order valence-electron chi connectivity index (χ0n) is 12.1. The van der Waals surface area contributed by atoms with Gasteiger partial charge in [0.05, 0.1) is 5.69 Å². The largest absolute Gasteiger partial charge is 0.491 e. The van der Waals surface area contributed by atoms with Crippen molar-refractivity contribution in [2.24, 2.45) is 0 Å². The molecule has 22 heavy (non-hydrogen) atoms. The summed E-state index contributed by atoms with van der Waals surface area (Å²) in [5.41, 5.74) is 2.11. The number of benzene rings is 1. The number of thioether (sulfide) groups is 2. The maximum absolute atomic E-state index is 13.8. The van der Waals surface area contributed by atoms with Gasteiger partial charge in [0.1, 0.15) is 23.4 Å². The van der Waals surface area contributed by atoms with E-state index in [2.05, 4.69) is 16.0 Å². The Morgan fingerprint density at radius 3 is 3.14 bits per heavy atom. The number of fused-ring (bicyclic) bond motifs is 1. The summed E-state index contributed by atoms with van der Waals surface area (Å²) in [4.78, 5) is 11.9. The van der Waals surface area contributed by atoms with Gasteiger partial charge >= 0.3 is 0 Å². The van der Waals surface area contributed by atoms with E-state index < -0.39 is 11.1 Å². The summed E-state index contributed by atoms with van der Waals surface area (Å²) in [6.45, 7) is 1.15. The summed E-state index contributed by atoms with van der Waals surface area (Å²) in [5.74, 6) is 1.09. The van der Waals surface area contributed by atoms with Crippen molar-refractivity contribution in [1.82, 2.24) is 5.32 Å². The maximum Gasteiger partial charge on any atom is 0.242 e. The van der Waals surface area contributed by atoms with Crippen LogP contribution in [-0.2, 0) is 4.79 Å². The number of allylic oxidation sites excluding steroid dienone is 1. The molecule has 1 amide bonds. The second kappa shape index (κ2) is 6.83. The molecule has 2 heterocycles. The first kappa shape index (κ1) is 15.6. The predicted octanol–water partition coefficient (Wildman–Crippen LogP) is 3.13. The van der Waals surface area contributed by atoms with Crippen molar-refractivity contribution in [3.63, 3.8) is 0 Å². The van der Waals surface area contributed by atoms with Crippen LogP contribution in [0.25, 0.3) is 0 Å². The molecule has 3 rings (SSSR count). The van der Waals surface area contributed by atoms with Gasteiger partial charge in [-0.3, -0.25) is 4.79 Å². The highest BCUT2D eigenvalue weighted by Gasteiger charge is 2.35. The Kier molecular flexibility index (Phi) is 4.83. The van der Waals surface area contributed by atoms with E-state index in [-0.39, 0.29) is 11.6 Å². The number of nitrogens with one attached hydrogen (secondary N) is 2. The molecule has 2 N–H and O–H groups in total. The van der Waals surface area contributed by atoms with Crippen molar-refractivity contribution in [2.75, 3.05) is 30.5 Å². The number of halogens is 1. The maximum atomic E-state index is 13.8. The van der Waals surface area contributed by atoms with Crippen molar-refractivity contribution in [3.05, 3.63) is 34.6 Å². The topological polar surface area (TPSA) is 50.4 Å². The predicted molar refractivity (Wildman–Crippen MR) is 89.9 cm³/mol. The molecular weight excluding hydrogens is 323 g/mol. The lowest BCUT2D eigenvalue weighted by atomic mass is 10.1. The van der Waals surface area contributed by atoms with Crippen molar-refractivity contribution in [3.8, 4) is 5.75 Å². The van der Waals surface area contributed by atoms with Gasteiger partial charge in [-0.05, 0) is 30.2 Å². The molecule has 118 valence electrons. The number of ether oxygens (including phenoxy) is 1. The molecule has 0 radical (unpaired) electrons. The van der Waals surface area contributed by atoms with Crippen LogP contribution in [0.15, 0.2) is 23.2 Å². The van der Waals surface area contributed by atoms with Gasteiger partial charge in [-0.15, -0.1) is 23.5 Å². The molecule has 0 aliphatic carbocycles. The van der Waals surface area contributed by atoms with E-state index >= 15 is 0 Å². The number of carbonyl (C=O) groups is 1. The summed E-state index contributed by atoms with van der Waals surface area (Å²) < 4.78 is 19.6. The van der Waals surface area contributed by atoms with Gasteiger partial charge in [0.25, 0.3) is 0 Å². The van der Waals surface area contributed by atoms with Crippen LogP contribution in [-0.4, -0.2) is 31.1 Å². The number of hydrogen-bond acceptors (Lipinski definition) is 5. The highest BCUT2D eigenvalue weighted by Crippen LogP contribution is 2.45. The fourth-order valence-corrected chi connectivity index (χ4v) is 4.12. The number of carbonyl (C=O) groups excluding carboxylic acids is 1. The van der Waals surface area contributed by atoms with Crippen LogP contribution in [0.2, 0.25) is 0 Å². The van der Waals surface area contributed by atoms with Crippen molar-refractivity contribution in [1.29, 1.82) is 0 Å². The third-order valence-corrected chi connectivity index (χ3v) is 5.38. The van der Waals surface area contributed by atoms with Crippen molar-refractivity contribution < 1.29 is 13.9 Å². The SMILES string of the molecule is CSC1C(=O)Nc2c(F)ccc(OCCNC3=CSCC3)c21. The second-order valence-corrected chi connectivity index (χ2v) is 6.90. The lowest BCUT2D eigenvalue weighted by Crippen LogP contribution is -2.20. The summed E-state index contributed by atoms with van der Waals surface area (Å²) >= 11 is 3.18. The van der Waals surface area contributed by atoms with Crippen LogP contribution >= 0.6 is 23.5 Å². The molecule has 1 aromatic carbocycles. The van der Waals surface area contributed by atoms with E-state index in [1.807, 2.05) is 6.26 Å². The minimum atomic E-state index is -0.418. The molecule has 2 aliphatic rings. The molecule has 0 saturated carbocycles. The van der Waals surface area contributed by atoms with Gasteiger partial charge in [-0.25, -0.2) is 4.39 Å². The first-order valence-corrected chi connectivity index (χ1v) is 9.37. The van der Waals surface area contributed by atoms with Crippen LogP contribution < -0.4 is 15.4 Å². The summed E-state index contributed by atoms with van der Waals surface area (Å²) in [5, 5.41) is 7.63.